The Morgan fingerprint density at radius 2 is 1.66 bits per heavy atom. The lowest BCUT2D eigenvalue weighted by atomic mass is 10.0. The van der Waals surface area contributed by atoms with Gasteiger partial charge in [0, 0.05) is 10.9 Å². The number of rotatable bonds is 5. The number of carbonyl (C=O) groups excluding carboxylic acids is 1. The number of ketones is 1. The molecule has 0 spiro atoms. The Hall–Kier alpha value is -3.61. The molecule has 29 heavy (non-hydrogen) atoms. The highest BCUT2D eigenvalue weighted by Gasteiger charge is 2.34. The summed E-state index contributed by atoms with van der Waals surface area (Å²) in [5.74, 6) is 0.140. The number of carbonyl (C=O) groups is 1. The zero-order chi connectivity index (χ0) is 20.4. The predicted octanol–water partition coefficient (Wildman–Crippen LogP) is 5.39. The molecule has 0 saturated heterocycles. The van der Waals surface area contributed by atoms with Crippen LogP contribution in [0.15, 0.2) is 72.8 Å². The molecule has 4 nitrogen and oxygen atoms in total. The lowest BCUT2D eigenvalue weighted by Crippen LogP contribution is -2.06. The molecule has 0 amide bonds. The van der Waals surface area contributed by atoms with Gasteiger partial charge in [0.1, 0.15) is 23.6 Å². The normalized spacial score (nSPS) is 11.6. The summed E-state index contributed by atoms with van der Waals surface area (Å²) < 4.78 is 45.1. The summed E-state index contributed by atoms with van der Waals surface area (Å²) >= 11 is 0. The van der Waals surface area contributed by atoms with E-state index in [0.717, 1.165) is 11.6 Å². The van der Waals surface area contributed by atoms with E-state index in [-0.39, 0.29) is 16.6 Å². The Bertz CT molecular complexity index is 1150. The van der Waals surface area contributed by atoms with Gasteiger partial charge >= 0.3 is 6.18 Å². The van der Waals surface area contributed by atoms with Gasteiger partial charge in [-0.15, -0.1) is 0 Å². The molecule has 0 aliphatic carbocycles. The number of para-hydroxylation sites is 1. The summed E-state index contributed by atoms with van der Waals surface area (Å²) in [5.41, 5.74) is 0.197. The van der Waals surface area contributed by atoms with Crippen LogP contribution >= 0.6 is 0 Å². The molecular weight excluding hydrogens is 381 g/mol. The van der Waals surface area contributed by atoms with E-state index in [1.54, 1.807) is 24.3 Å². The first-order valence-corrected chi connectivity index (χ1v) is 8.79. The fraction of sp³-hybridized carbons (Fsp3) is 0.0909. The first-order valence-electron chi connectivity index (χ1n) is 8.79. The number of benzene rings is 3. The zero-order valence-corrected chi connectivity index (χ0v) is 15.0. The van der Waals surface area contributed by atoms with Gasteiger partial charge in [-0.3, -0.25) is 9.89 Å². The molecule has 0 radical (unpaired) electrons. The number of halogens is 3. The van der Waals surface area contributed by atoms with Crippen LogP contribution in [0.4, 0.5) is 13.2 Å². The Balaban J connectivity index is 1.56. The van der Waals surface area contributed by atoms with Crippen molar-refractivity contribution in [2.75, 3.05) is 0 Å². The molecule has 0 aliphatic heterocycles. The maximum Gasteiger partial charge on any atom is 0.418 e. The molecule has 0 bridgehead atoms. The predicted molar refractivity (Wildman–Crippen MR) is 102 cm³/mol. The highest BCUT2D eigenvalue weighted by molar-refractivity contribution is 6.15. The fourth-order valence-corrected chi connectivity index (χ4v) is 3.03. The van der Waals surface area contributed by atoms with E-state index in [1.807, 2.05) is 30.3 Å². The first-order chi connectivity index (χ1) is 13.9. The molecule has 4 aromatic rings. The van der Waals surface area contributed by atoms with Gasteiger partial charge in [0.25, 0.3) is 0 Å². The van der Waals surface area contributed by atoms with E-state index in [1.165, 1.54) is 12.1 Å². The van der Waals surface area contributed by atoms with E-state index in [4.69, 9.17) is 4.74 Å². The Kier molecular flexibility index (Phi) is 4.80. The number of nitrogens with zero attached hydrogens (tertiary/aromatic N) is 1. The van der Waals surface area contributed by atoms with Crippen molar-refractivity contribution in [1.82, 2.24) is 10.2 Å². The Morgan fingerprint density at radius 1 is 0.931 bits per heavy atom. The minimum absolute atomic E-state index is 0.0176. The molecule has 0 atom stereocenters. The minimum Gasteiger partial charge on any atom is -0.489 e. The average Bonchev–Trinajstić information content (AvgIpc) is 3.16. The van der Waals surface area contributed by atoms with Gasteiger partial charge in [-0.2, -0.15) is 18.3 Å². The molecule has 4 rings (SSSR count). The number of hydrogen-bond acceptors (Lipinski definition) is 3. The van der Waals surface area contributed by atoms with Crippen molar-refractivity contribution in [3.8, 4) is 5.75 Å². The molecular formula is C22H15F3N2O2. The molecule has 0 unspecified atom stereocenters. The largest absolute Gasteiger partial charge is 0.489 e. The van der Waals surface area contributed by atoms with Crippen molar-refractivity contribution in [3.05, 3.63) is 95.2 Å². The van der Waals surface area contributed by atoms with E-state index >= 15 is 0 Å². The summed E-state index contributed by atoms with van der Waals surface area (Å²) in [6.45, 7) is 0.388. The topological polar surface area (TPSA) is 55.0 Å². The molecule has 1 N–H and O–H groups in total. The molecule has 1 aromatic heterocycles. The summed E-state index contributed by atoms with van der Waals surface area (Å²) in [5, 5.41) is 6.31. The SMILES string of the molecule is O=C(c1ccc(OCc2ccccc2)cc1)c1[nH]nc2c(C(F)(F)F)cccc12. The van der Waals surface area contributed by atoms with E-state index in [0.29, 0.717) is 17.9 Å². The van der Waals surface area contributed by atoms with Crippen LogP contribution in [0.25, 0.3) is 10.9 Å². The second-order valence-corrected chi connectivity index (χ2v) is 6.43. The number of aromatic amines is 1. The van der Waals surface area contributed by atoms with E-state index in [2.05, 4.69) is 10.2 Å². The summed E-state index contributed by atoms with van der Waals surface area (Å²) in [7, 11) is 0. The van der Waals surface area contributed by atoms with Crippen LogP contribution in [-0.2, 0) is 12.8 Å². The summed E-state index contributed by atoms with van der Waals surface area (Å²) in [6, 6.07) is 19.7. The first kappa shape index (κ1) is 18.7. The number of fused-ring (bicyclic) bond motifs is 1. The highest BCUT2D eigenvalue weighted by atomic mass is 19.4. The van der Waals surface area contributed by atoms with Gasteiger partial charge < -0.3 is 4.74 Å². The smallest absolute Gasteiger partial charge is 0.418 e. The third kappa shape index (κ3) is 3.85. The summed E-state index contributed by atoms with van der Waals surface area (Å²) in [6.07, 6.45) is -4.55. The fourth-order valence-electron chi connectivity index (χ4n) is 3.03. The van der Waals surface area contributed by atoms with Gasteiger partial charge in [-0.05, 0) is 35.9 Å². The number of alkyl halides is 3. The van der Waals surface area contributed by atoms with Crippen molar-refractivity contribution in [2.24, 2.45) is 0 Å². The third-order valence-corrected chi connectivity index (χ3v) is 4.48. The Morgan fingerprint density at radius 3 is 2.34 bits per heavy atom. The molecule has 0 saturated carbocycles. The van der Waals surface area contributed by atoms with Crippen molar-refractivity contribution in [2.45, 2.75) is 12.8 Å². The number of aromatic nitrogens is 2. The van der Waals surface area contributed by atoms with Crippen molar-refractivity contribution < 1.29 is 22.7 Å². The van der Waals surface area contributed by atoms with Crippen LogP contribution in [0.5, 0.6) is 5.75 Å². The minimum atomic E-state index is -4.55. The van der Waals surface area contributed by atoms with Crippen molar-refractivity contribution >= 4 is 16.7 Å². The lowest BCUT2D eigenvalue weighted by molar-refractivity contribution is -0.136. The lowest BCUT2D eigenvalue weighted by Gasteiger charge is -2.07. The average molecular weight is 396 g/mol. The maximum atomic E-state index is 13.1. The number of nitrogens with one attached hydrogen (secondary N) is 1. The van der Waals surface area contributed by atoms with Crippen LogP contribution in [0.2, 0.25) is 0 Å². The van der Waals surface area contributed by atoms with E-state index < -0.39 is 17.5 Å². The number of hydrogen-bond donors (Lipinski definition) is 1. The van der Waals surface area contributed by atoms with Crippen LogP contribution in [0.1, 0.15) is 27.2 Å². The van der Waals surface area contributed by atoms with Gasteiger partial charge in [0.2, 0.25) is 5.78 Å². The van der Waals surface area contributed by atoms with Crippen LogP contribution < -0.4 is 4.74 Å². The molecule has 0 aliphatic rings. The second-order valence-electron chi connectivity index (χ2n) is 6.43. The van der Waals surface area contributed by atoms with Gasteiger partial charge in [0.05, 0.1) is 5.56 Å². The molecule has 3 aromatic carbocycles. The Labute approximate surface area is 163 Å². The highest BCUT2D eigenvalue weighted by Crippen LogP contribution is 2.35. The van der Waals surface area contributed by atoms with Gasteiger partial charge in [0.15, 0.2) is 0 Å². The quantitative estimate of drug-likeness (QED) is 0.460. The van der Waals surface area contributed by atoms with Crippen LogP contribution in [0, 0.1) is 0 Å². The zero-order valence-electron chi connectivity index (χ0n) is 15.0. The van der Waals surface area contributed by atoms with Crippen molar-refractivity contribution in [1.29, 1.82) is 0 Å². The molecule has 146 valence electrons. The molecule has 7 heteroatoms. The standard InChI is InChI=1S/C22H15F3N2O2/c23-22(24,25)18-8-4-7-17-19(18)26-27-20(17)21(28)15-9-11-16(12-10-15)29-13-14-5-2-1-3-6-14/h1-12H,13H2,(H,26,27). The second kappa shape index (κ2) is 7.43. The summed E-state index contributed by atoms with van der Waals surface area (Å²) in [4.78, 5) is 12.8. The van der Waals surface area contributed by atoms with Crippen LogP contribution in [0.3, 0.4) is 0 Å². The van der Waals surface area contributed by atoms with Gasteiger partial charge in [-0.1, -0.05) is 42.5 Å². The maximum absolute atomic E-state index is 13.1. The number of H-pyrrole nitrogens is 1. The van der Waals surface area contributed by atoms with Crippen LogP contribution in [-0.4, -0.2) is 16.0 Å². The molecule has 0 fully saturated rings. The molecule has 1 heterocycles. The van der Waals surface area contributed by atoms with Gasteiger partial charge in [-0.25, -0.2) is 0 Å². The van der Waals surface area contributed by atoms with Crippen molar-refractivity contribution in [3.63, 3.8) is 0 Å². The number of ether oxygens (including phenoxy) is 1. The third-order valence-electron chi connectivity index (χ3n) is 4.48. The van der Waals surface area contributed by atoms with E-state index in [9.17, 15) is 18.0 Å². The monoisotopic (exact) mass is 396 g/mol.